The van der Waals surface area contributed by atoms with Crippen LogP contribution in [0.15, 0.2) is 170 Å². The summed E-state index contributed by atoms with van der Waals surface area (Å²) in [5.74, 6) is 0. The van der Waals surface area contributed by atoms with Crippen LogP contribution in [-0.4, -0.2) is 9.97 Å². The van der Waals surface area contributed by atoms with Gasteiger partial charge in [-0.2, -0.15) is 0 Å². The van der Waals surface area contributed by atoms with E-state index in [-0.39, 0.29) is 10.8 Å². The zero-order chi connectivity index (χ0) is 38.1. The van der Waals surface area contributed by atoms with Crippen molar-refractivity contribution in [1.82, 2.24) is 9.97 Å². The minimum atomic E-state index is -0.0623. The summed E-state index contributed by atoms with van der Waals surface area (Å²) < 4.78 is 0. The normalized spacial score (nSPS) is 15.5. The summed E-state index contributed by atoms with van der Waals surface area (Å²) in [5.41, 5.74) is 21.8. The molecule has 0 amide bonds. The van der Waals surface area contributed by atoms with E-state index in [4.69, 9.17) is 9.97 Å². The fourth-order valence-electron chi connectivity index (χ4n) is 10.5. The Morgan fingerprint density at radius 3 is 1.46 bits per heavy atom. The van der Waals surface area contributed by atoms with Crippen LogP contribution in [0.25, 0.3) is 78.4 Å². The molecule has 0 N–H and O–H groups in total. The highest BCUT2D eigenvalue weighted by molar-refractivity contribution is 5.97. The van der Waals surface area contributed by atoms with Gasteiger partial charge in [-0.15, -0.1) is 0 Å². The topological polar surface area (TPSA) is 25.8 Å². The average Bonchev–Trinajstić information content (AvgIpc) is 3.67. The molecule has 0 radical (unpaired) electrons. The molecule has 2 heteroatoms. The third kappa shape index (κ3) is 5.23. The number of hydrogen-bond acceptors (Lipinski definition) is 2. The Balaban J connectivity index is 1.13. The van der Waals surface area contributed by atoms with Crippen molar-refractivity contribution in [2.75, 3.05) is 0 Å². The number of hydrogen-bond donors (Lipinski definition) is 0. The van der Waals surface area contributed by atoms with E-state index < -0.39 is 0 Å². The van der Waals surface area contributed by atoms with Gasteiger partial charge in [0.25, 0.3) is 0 Å². The lowest BCUT2D eigenvalue weighted by Crippen LogP contribution is -2.28. The molecule has 1 saturated carbocycles. The molecule has 8 aromatic rings. The van der Waals surface area contributed by atoms with Gasteiger partial charge in [-0.3, -0.25) is 0 Å². The first-order chi connectivity index (χ1) is 28.0. The lowest BCUT2D eigenvalue weighted by molar-refractivity contribution is 0.353. The summed E-state index contributed by atoms with van der Waals surface area (Å²) in [6.07, 6.45) is 6.25. The van der Waals surface area contributed by atoms with Gasteiger partial charge in [0.2, 0.25) is 0 Å². The first-order valence-corrected chi connectivity index (χ1v) is 20.6. The molecular formula is C55H44N2. The summed E-state index contributed by atoms with van der Waals surface area (Å²) in [4.78, 5) is 11.1. The van der Waals surface area contributed by atoms with Crippen LogP contribution >= 0.6 is 0 Å². The van der Waals surface area contributed by atoms with Crippen molar-refractivity contribution in [3.8, 4) is 78.4 Å². The highest BCUT2D eigenvalue weighted by Gasteiger charge is 2.47. The number of nitrogens with zero attached hydrogens (tertiary/aromatic N) is 2. The first-order valence-electron chi connectivity index (χ1n) is 20.6. The van der Waals surface area contributed by atoms with E-state index >= 15 is 0 Å². The van der Waals surface area contributed by atoms with Crippen molar-refractivity contribution in [1.29, 1.82) is 0 Å². The second-order valence-corrected chi connectivity index (χ2v) is 16.8. The lowest BCUT2D eigenvalue weighted by Gasteiger charge is -2.36. The number of aromatic nitrogens is 2. The van der Waals surface area contributed by atoms with E-state index in [1.165, 1.54) is 87.7 Å². The molecule has 7 aromatic carbocycles. The van der Waals surface area contributed by atoms with Crippen LogP contribution in [0.4, 0.5) is 0 Å². The van der Waals surface area contributed by atoms with Gasteiger partial charge in [0, 0.05) is 33.1 Å². The van der Waals surface area contributed by atoms with Crippen LogP contribution in [-0.2, 0) is 10.8 Å². The van der Waals surface area contributed by atoms with Gasteiger partial charge in [0.05, 0.1) is 22.8 Å². The van der Waals surface area contributed by atoms with Crippen molar-refractivity contribution >= 4 is 0 Å². The first kappa shape index (κ1) is 33.9. The molecule has 11 rings (SSSR count). The molecule has 0 unspecified atom stereocenters. The standard InChI is InChI=1S/C55H44N2/c1-54(2)45-29-14-13-27-42(45)43-34-48-44(35-47(43)54)49-41(28-18-30-46(49)55(48)31-15-6-16-32-55)39-25-17-26-40(33-39)53-52(38-23-11-5-12-24-38)56-50(36-19-7-3-8-20-36)51(57-53)37-21-9-4-10-22-37/h3-5,7-14,17-30,33-35H,6,15-16,31-32H2,1-2H3. The van der Waals surface area contributed by atoms with Crippen LogP contribution < -0.4 is 0 Å². The molecule has 1 heterocycles. The molecule has 0 aliphatic heterocycles. The Morgan fingerprint density at radius 1 is 0.351 bits per heavy atom. The average molecular weight is 733 g/mol. The highest BCUT2D eigenvalue weighted by Crippen LogP contribution is 2.61. The van der Waals surface area contributed by atoms with Crippen molar-refractivity contribution in [2.45, 2.75) is 56.8 Å². The predicted octanol–water partition coefficient (Wildman–Crippen LogP) is 14.3. The monoisotopic (exact) mass is 732 g/mol. The largest absolute Gasteiger partial charge is 0.243 e. The van der Waals surface area contributed by atoms with Crippen molar-refractivity contribution < 1.29 is 0 Å². The van der Waals surface area contributed by atoms with Crippen LogP contribution in [0.3, 0.4) is 0 Å². The smallest absolute Gasteiger partial charge is 0.0973 e. The molecular weight excluding hydrogens is 689 g/mol. The zero-order valence-electron chi connectivity index (χ0n) is 32.6. The van der Waals surface area contributed by atoms with E-state index in [0.29, 0.717) is 0 Å². The Bertz CT molecular complexity index is 2830. The molecule has 1 fully saturated rings. The van der Waals surface area contributed by atoms with E-state index in [1.807, 2.05) is 0 Å². The summed E-state index contributed by atoms with van der Waals surface area (Å²) in [6, 6.07) is 62.0. The number of rotatable bonds is 5. The third-order valence-electron chi connectivity index (χ3n) is 13.3. The molecule has 1 spiro atoms. The van der Waals surface area contributed by atoms with Gasteiger partial charge in [-0.25, -0.2) is 9.97 Å². The number of benzene rings is 7. The second kappa shape index (κ2) is 13.1. The lowest BCUT2D eigenvalue weighted by atomic mass is 9.67. The quantitative estimate of drug-likeness (QED) is 0.176. The second-order valence-electron chi connectivity index (χ2n) is 16.8. The maximum atomic E-state index is 5.59. The van der Waals surface area contributed by atoms with Gasteiger partial charge >= 0.3 is 0 Å². The van der Waals surface area contributed by atoms with Crippen molar-refractivity contribution in [2.24, 2.45) is 0 Å². The minimum absolute atomic E-state index is 0.0387. The van der Waals surface area contributed by atoms with Crippen molar-refractivity contribution in [3.05, 3.63) is 192 Å². The molecule has 3 aliphatic carbocycles. The van der Waals surface area contributed by atoms with Crippen molar-refractivity contribution in [3.63, 3.8) is 0 Å². The Hall–Kier alpha value is -6.38. The molecule has 0 atom stereocenters. The summed E-state index contributed by atoms with van der Waals surface area (Å²) >= 11 is 0. The SMILES string of the molecule is CC1(C)c2ccccc2-c2cc3c(cc21)-c1c(-c2cccc(-c4nc(-c5ccccc5)c(-c5ccccc5)nc4-c4ccccc4)c2)cccc1C31CCCCC1. The highest BCUT2D eigenvalue weighted by atomic mass is 14.9. The van der Waals surface area contributed by atoms with Crippen LogP contribution in [0.1, 0.15) is 68.2 Å². The summed E-state index contributed by atoms with van der Waals surface area (Å²) in [6.45, 7) is 4.81. The maximum absolute atomic E-state index is 5.59. The van der Waals surface area contributed by atoms with Crippen LogP contribution in [0.2, 0.25) is 0 Å². The van der Waals surface area contributed by atoms with Gasteiger partial charge in [0.15, 0.2) is 0 Å². The summed E-state index contributed by atoms with van der Waals surface area (Å²) in [7, 11) is 0. The molecule has 3 aliphatic rings. The fourth-order valence-corrected chi connectivity index (χ4v) is 10.5. The van der Waals surface area contributed by atoms with E-state index in [2.05, 4.69) is 184 Å². The van der Waals surface area contributed by atoms with Gasteiger partial charge in [0.1, 0.15) is 0 Å². The molecule has 57 heavy (non-hydrogen) atoms. The maximum Gasteiger partial charge on any atom is 0.0973 e. The predicted molar refractivity (Wildman–Crippen MR) is 236 cm³/mol. The molecule has 1 aromatic heterocycles. The van der Waals surface area contributed by atoms with Gasteiger partial charge in [-0.1, -0.05) is 185 Å². The molecule has 0 bridgehead atoms. The van der Waals surface area contributed by atoms with E-state index in [1.54, 1.807) is 0 Å². The Morgan fingerprint density at radius 2 is 0.825 bits per heavy atom. The van der Waals surface area contributed by atoms with E-state index in [0.717, 1.165) is 45.0 Å². The fraction of sp³-hybridized carbons (Fsp3) is 0.164. The van der Waals surface area contributed by atoms with Crippen LogP contribution in [0, 0.1) is 0 Å². The van der Waals surface area contributed by atoms with Crippen LogP contribution in [0.5, 0.6) is 0 Å². The van der Waals surface area contributed by atoms with Gasteiger partial charge < -0.3 is 0 Å². The summed E-state index contributed by atoms with van der Waals surface area (Å²) in [5, 5.41) is 0. The third-order valence-corrected chi connectivity index (χ3v) is 13.3. The molecule has 2 nitrogen and oxygen atoms in total. The zero-order valence-corrected chi connectivity index (χ0v) is 32.6. The van der Waals surface area contributed by atoms with Gasteiger partial charge in [-0.05, 0) is 86.7 Å². The Labute approximate surface area is 336 Å². The molecule has 0 saturated heterocycles. The Kier molecular flexibility index (Phi) is 7.80. The minimum Gasteiger partial charge on any atom is -0.243 e. The van der Waals surface area contributed by atoms with E-state index in [9.17, 15) is 0 Å². The molecule has 274 valence electrons. The number of fused-ring (bicyclic) bond motifs is 8.